The number of rotatable bonds is 4. The number of carbonyl (C=O) groups is 2. The van der Waals surface area contributed by atoms with Gasteiger partial charge in [-0.2, -0.15) is 5.10 Å². The van der Waals surface area contributed by atoms with Crippen LogP contribution in [0.4, 0.5) is 0 Å². The molecule has 20 heavy (non-hydrogen) atoms. The highest BCUT2D eigenvalue weighted by atomic mass is 16.4. The average molecular weight is 274 g/mol. The first-order valence-corrected chi connectivity index (χ1v) is 6.43. The molecule has 2 aromatic heterocycles. The smallest absolute Gasteiger partial charge is 0.305 e. The fraction of sp³-hybridized carbons (Fsp3) is 0.385. The number of carboxylic acid groups (broad SMARTS) is 1. The van der Waals surface area contributed by atoms with Crippen LogP contribution < -0.4 is 5.32 Å². The fourth-order valence-corrected chi connectivity index (χ4v) is 2.53. The van der Waals surface area contributed by atoms with Crippen molar-refractivity contribution in [2.45, 2.75) is 31.2 Å². The number of carboxylic acids is 1. The Hall–Kier alpha value is -2.44. The lowest BCUT2D eigenvalue weighted by Gasteiger charge is -2.41. The Morgan fingerprint density at radius 2 is 2.25 bits per heavy atom. The Bertz CT molecular complexity index is 675. The number of hydrogen-bond acceptors (Lipinski definition) is 4. The molecule has 7 nitrogen and oxygen atoms in total. The number of aliphatic carboxylic acids is 1. The van der Waals surface area contributed by atoms with Gasteiger partial charge in [-0.1, -0.05) is 0 Å². The van der Waals surface area contributed by atoms with Gasteiger partial charge in [0.25, 0.3) is 5.91 Å². The zero-order valence-corrected chi connectivity index (χ0v) is 10.7. The summed E-state index contributed by atoms with van der Waals surface area (Å²) in [7, 11) is 0. The van der Waals surface area contributed by atoms with E-state index >= 15 is 0 Å². The van der Waals surface area contributed by atoms with Crippen LogP contribution >= 0.6 is 0 Å². The summed E-state index contributed by atoms with van der Waals surface area (Å²) < 4.78 is 1.45. The quantitative estimate of drug-likeness (QED) is 0.861. The van der Waals surface area contributed by atoms with Crippen LogP contribution in [0.2, 0.25) is 0 Å². The van der Waals surface area contributed by atoms with E-state index in [2.05, 4.69) is 15.4 Å². The highest BCUT2D eigenvalue weighted by molar-refractivity contribution is 5.94. The molecule has 0 atom stereocenters. The minimum atomic E-state index is -0.902. The highest BCUT2D eigenvalue weighted by Crippen LogP contribution is 2.35. The number of hydrogen-bond donors (Lipinski definition) is 2. The summed E-state index contributed by atoms with van der Waals surface area (Å²) in [5.74, 6) is -1.24. The van der Waals surface area contributed by atoms with Crippen LogP contribution in [-0.4, -0.2) is 37.1 Å². The van der Waals surface area contributed by atoms with Crippen molar-refractivity contribution in [1.29, 1.82) is 0 Å². The van der Waals surface area contributed by atoms with Gasteiger partial charge in [0.15, 0.2) is 5.65 Å². The molecular formula is C13H14N4O3. The minimum Gasteiger partial charge on any atom is -0.481 e. The summed E-state index contributed by atoms with van der Waals surface area (Å²) in [5.41, 5.74) is 0.276. The van der Waals surface area contributed by atoms with Crippen LogP contribution in [-0.2, 0) is 4.79 Å². The molecule has 1 aliphatic rings. The topological polar surface area (TPSA) is 96.6 Å². The van der Waals surface area contributed by atoms with E-state index in [4.69, 9.17) is 5.11 Å². The van der Waals surface area contributed by atoms with Crippen molar-refractivity contribution in [3.8, 4) is 0 Å². The average Bonchev–Trinajstić information content (AvgIpc) is 2.79. The standard InChI is InChI=1S/C13H14N4O3/c18-11(19)7-13(4-2-5-13)16-12(20)9-8-14-10-3-1-6-15-17(9)10/h1,3,6,8H,2,4-5,7H2,(H,16,20)(H,18,19). The predicted octanol–water partition coefficient (Wildman–Crippen LogP) is 0.856. The molecule has 1 amide bonds. The largest absolute Gasteiger partial charge is 0.481 e. The summed E-state index contributed by atoms with van der Waals surface area (Å²) in [6.45, 7) is 0. The predicted molar refractivity (Wildman–Crippen MR) is 69.3 cm³/mol. The van der Waals surface area contributed by atoms with Crippen LogP contribution in [0, 0.1) is 0 Å². The van der Waals surface area contributed by atoms with Gasteiger partial charge in [0, 0.05) is 6.20 Å². The molecule has 0 saturated heterocycles. The molecule has 2 heterocycles. The molecular weight excluding hydrogens is 260 g/mol. The molecule has 0 radical (unpaired) electrons. The van der Waals surface area contributed by atoms with Crippen LogP contribution in [0.25, 0.3) is 5.65 Å². The number of aromatic nitrogens is 3. The van der Waals surface area contributed by atoms with E-state index in [1.54, 1.807) is 18.3 Å². The number of carbonyl (C=O) groups excluding carboxylic acids is 1. The molecule has 0 aromatic carbocycles. The van der Waals surface area contributed by atoms with Gasteiger partial charge in [0.1, 0.15) is 5.69 Å². The van der Waals surface area contributed by atoms with Crippen molar-refractivity contribution < 1.29 is 14.7 Å². The number of amides is 1. The molecule has 0 spiro atoms. The maximum absolute atomic E-state index is 12.3. The van der Waals surface area contributed by atoms with E-state index in [0.717, 1.165) is 6.42 Å². The van der Waals surface area contributed by atoms with E-state index in [9.17, 15) is 9.59 Å². The second-order valence-electron chi connectivity index (χ2n) is 5.10. The summed E-state index contributed by atoms with van der Waals surface area (Å²) >= 11 is 0. The van der Waals surface area contributed by atoms with Gasteiger partial charge in [-0.25, -0.2) is 9.50 Å². The third kappa shape index (κ3) is 2.11. The molecule has 7 heteroatoms. The first kappa shape index (κ1) is 12.6. The maximum Gasteiger partial charge on any atom is 0.305 e. The molecule has 2 aromatic rings. The summed E-state index contributed by atoms with van der Waals surface area (Å²) in [6.07, 6.45) is 5.28. The number of nitrogens with one attached hydrogen (secondary N) is 1. The number of nitrogens with zero attached hydrogens (tertiary/aromatic N) is 3. The molecule has 1 saturated carbocycles. The maximum atomic E-state index is 12.3. The third-order valence-corrected chi connectivity index (χ3v) is 3.69. The van der Waals surface area contributed by atoms with Crippen molar-refractivity contribution >= 4 is 17.5 Å². The summed E-state index contributed by atoms with van der Waals surface area (Å²) in [4.78, 5) is 27.3. The normalized spacial score (nSPS) is 16.6. The minimum absolute atomic E-state index is 0.0527. The Morgan fingerprint density at radius 1 is 1.45 bits per heavy atom. The van der Waals surface area contributed by atoms with Crippen LogP contribution in [0.5, 0.6) is 0 Å². The summed E-state index contributed by atoms with van der Waals surface area (Å²) in [5, 5.41) is 15.9. The first-order valence-electron chi connectivity index (χ1n) is 6.43. The third-order valence-electron chi connectivity index (χ3n) is 3.69. The molecule has 104 valence electrons. The Labute approximate surface area is 114 Å². The Kier molecular flexibility index (Phi) is 2.89. The lowest BCUT2D eigenvalue weighted by Crippen LogP contribution is -2.54. The second kappa shape index (κ2) is 4.59. The molecule has 0 aliphatic heterocycles. The van der Waals surface area contributed by atoms with E-state index in [-0.39, 0.29) is 12.3 Å². The number of fused-ring (bicyclic) bond motifs is 1. The van der Waals surface area contributed by atoms with E-state index in [0.29, 0.717) is 24.2 Å². The summed E-state index contributed by atoms with van der Waals surface area (Å²) in [6, 6.07) is 3.49. The van der Waals surface area contributed by atoms with Gasteiger partial charge in [-0.3, -0.25) is 9.59 Å². The van der Waals surface area contributed by atoms with Gasteiger partial charge >= 0.3 is 5.97 Å². The van der Waals surface area contributed by atoms with Crippen LogP contribution in [0.1, 0.15) is 36.2 Å². The molecule has 1 fully saturated rings. The van der Waals surface area contributed by atoms with Crippen molar-refractivity contribution in [1.82, 2.24) is 19.9 Å². The van der Waals surface area contributed by atoms with Gasteiger partial charge in [0.2, 0.25) is 0 Å². The van der Waals surface area contributed by atoms with Gasteiger partial charge in [-0.15, -0.1) is 0 Å². The second-order valence-corrected chi connectivity index (χ2v) is 5.10. The molecule has 0 bridgehead atoms. The van der Waals surface area contributed by atoms with Crippen molar-refractivity contribution in [2.24, 2.45) is 0 Å². The molecule has 0 unspecified atom stereocenters. The van der Waals surface area contributed by atoms with E-state index < -0.39 is 11.5 Å². The first-order chi connectivity index (χ1) is 9.60. The molecule has 1 aliphatic carbocycles. The number of imidazole rings is 1. The van der Waals surface area contributed by atoms with Crippen LogP contribution in [0.15, 0.2) is 24.5 Å². The zero-order chi connectivity index (χ0) is 14.2. The molecule has 2 N–H and O–H groups in total. The van der Waals surface area contributed by atoms with Crippen molar-refractivity contribution in [3.63, 3.8) is 0 Å². The van der Waals surface area contributed by atoms with Gasteiger partial charge in [0.05, 0.1) is 18.2 Å². The van der Waals surface area contributed by atoms with E-state index in [1.807, 2.05) is 0 Å². The van der Waals surface area contributed by atoms with Crippen molar-refractivity contribution in [2.75, 3.05) is 0 Å². The monoisotopic (exact) mass is 274 g/mol. The van der Waals surface area contributed by atoms with Gasteiger partial charge in [-0.05, 0) is 31.4 Å². The Balaban J connectivity index is 1.84. The lowest BCUT2D eigenvalue weighted by molar-refractivity contribution is -0.139. The fourth-order valence-electron chi connectivity index (χ4n) is 2.53. The van der Waals surface area contributed by atoms with Crippen LogP contribution in [0.3, 0.4) is 0 Å². The van der Waals surface area contributed by atoms with Gasteiger partial charge < -0.3 is 10.4 Å². The zero-order valence-electron chi connectivity index (χ0n) is 10.7. The lowest BCUT2D eigenvalue weighted by atomic mass is 9.74. The Morgan fingerprint density at radius 3 is 2.90 bits per heavy atom. The molecule has 3 rings (SSSR count). The van der Waals surface area contributed by atoms with E-state index in [1.165, 1.54) is 10.7 Å². The SMILES string of the molecule is O=C(O)CC1(NC(=O)c2cnc3cccnn23)CCC1. The van der Waals surface area contributed by atoms with Crippen molar-refractivity contribution in [3.05, 3.63) is 30.2 Å². The highest BCUT2D eigenvalue weighted by Gasteiger charge is 2.40.